The number of ether oxygens (including phenoxy) is 4. The smallest absolute Gasteiger partial charge is 0.332 e. The molecule has 0 spiro atoms. The van der Waals surface area contributed by atoms with Gasteiger partial charge in [0.2, 0.25) is 0 Å². The quantitative estimate of drug-likeness (QED) is 0.0646. The van der Waals surface area contributed by atoms with Gasteiger partial charge in [-0.2, -0.15) is 0 Å². The van der Waals surface area contributed by atoms with Crippen molar-refractivity contribution in [2.75, 3.05) is 41.7 Å². The Balaban J connectivity index is 0.000000401. The number of methoxy groups -OCH3 is 4. The van der Waals surface area contributed by atoms with Crippen molar-refractivity contribution in [2.45, 2.75) is 63.8 Å². The van der Waals surface area contributed by atoms with Crippen LogP contribution in [-0.4, -0.2) is 87.8 Å². The van der Waals surface area contributed by atoms with Gasteiger partial charge in [-0.3, -0.25) is 14.4 Å². The zero-order chi connectivity index (χ0) is 39.1. The molecule has 0 aromatic heterocycles. The molecule has 3 aromatic carbocycles. The lowest BCUT2D eigenvalue weighted by Crippen LogP contribution is -2.33. The van der Waals surface area contributed by atoms with E-state index in [1.165, 1.54) is 40.1 Å². The van der Waals surface area contributed by atoms with Crippen LogP contribution < -0.4 is 16.0 Å². The number of benzene rings is 3. The van der Waals surface area contributed by atoms with Crippen molar-refractivity contribution >= 4 is 23.9 Å². The molecular formula is C40H55N3O10. The van der Waals surface area contributed by atoms with Crippen LogP contribution in [0.5, 0.6) is 0 Å². The van der Waals surface area contributed by atoms with Gasteiger partial charge in [-0.1, -0.05) is 91.0 Å². The second-order valence-electron chi connectivity index (χ2n) is 11.5. The first kappa shape index (κ1) is 45.9. The molecule has 0 aliphatic carbocycles. The van der Waals surface area contributed by atoms with Crippen LogP contribution in [0.2, 0.25) is 0 Å². The molecule has 0 amide bonds. The van der Waals surface area contributed by atoms with E-state index >= 15 is 0 Å². The maximum atomic E-state index is 11.3. The van der Waals surface area contributed by atoms with Crippen LogP contribution in [0.25, 0.3) is 0 Å². The number of esters is 4. The topological polar surface area (TPSA) is 182 Å². The normalized spacial score (nSPS) is 10.6. The first-order chi connectivity index (χ1) is 25.7. The van der Waals surface area contributed by atoms with Gasteiger partial charge in [0.15, 0.2) is 0 Å². The van der Waals surface area contributed by atoms with Gasteiger partial charge in [0.1, 0.15) is 0 Å². The summed E-state index contributed by atoms with van der Waals surface area (Å²) in [6.45, 7) is 2.20. The van der Waals surface area contributed by atoms with Crippen LogP contribution in [0.15, 0.2) is 103 Å². The molecule has 0 aliphatic heterocycles. The standard InChI is InChI=1S/C14H19NO4.C14H17NO4.C12H19NO2/c2*1-18-13(16)8-12(9-14(17)19-2)15-10-11-6-4-3-5-7-11;14-8-6-12(7-9-15)13-10-11-4-2-1-3-5-11/h3-7,12,15H,8-10H2,1-2H3;3-8,15H,9-10H2,1-2H3;1-5,12-15H,6-10H2/b;12-8-;. The predicted octanol–water partition coefficient (Wildman–Crippen LogP) is 3.58. The Hall–Kier alpha value is -5.08. The second-order valence-corrected chi connectivity index (χ2v) is 11.5. The molecule has 290 valence electrons. The van der Waals surface area contributed by atoms with Crippen LogP contribution in [0.4, 0.5) is 0 Å². The van der Waals surface area contributed by atoms with Crippen molar-refractivity contribution in [3.05, 3.63) is 119 Å². The highest BCUT2D eigenvalue weighted by atomic mass is 16.5. The van der Waals surface area contributed by atoms with Gasteiger partial charge in [-0.05, 0) is 29.5 Å². The summed E-state index contributed by atoms with van der Waals surface area (Å²) in [5.74, 6) is -1.64. The van der Waals surface area contributed by atoms with E-state index in [4.69, 9.17) is 10.2 Å². The lowest BCUT2D eigenvalue weighted by atomic mass is 10.1. The van der Waals surface area contributed by atoms with Gasteiger partial charge in [-0.25, -0.2) is 4.79 Å². The number of nitrogens with one attached hydrogen (secondary N) is 3. The zero-order valence-electron chi connectivity index (χ0n) is 31.1. The lowest BCUT2D eigenvalue weighted by molar-refractivity contribution is -0.144. The summed E-state index contributed by atoms with van der Waals surface area (Å²) < 4.78 is 18.4. The van der Waals surface area contributed by atoms with E-state index in [9.17, 15) is 19.2 Å². The van der Waals surface area contributed by atoms with Gasteiger partial charge in [0, 0.05) is 56.7 Å². The average molecular weight is 738 g/mol. The minimum absolute atomic E-state index is 0.00155. The molecule has 3 aromatic rings. The Kier molecular flexibility index (Phi) is 25.6. The third kappa shape index (κ3) is 23.2. The molecule has 0 radical (unpaired) electrons. The van der Waals surface area contributed by atoms with Crippen LogP contribution >= 0.6 is 0 Å². The summed E-state index contributed by atoms with van der Waals surface area (Å²) in [7, 11) is 5.24. The summed E-state index contributed by atoms with van der Waals surface area (Å²) in [6, 6.07) is 29.4. The molecule has 0 fully saturated rings. The monoisotopic (exact) mass is 737 g/mol. The molecule has 53 heavy (non-hydrogen) atoms. The molecule has 0 heterocycles. The number of hydrogen-bond acceptors (Lipinski definition) is 13. The fourth-order valence-corrected chi connectivity index (χ4v) is 4.57. The second kappa shape index (κ2) is 29.5. The number of aliphatic hydroxyl groups is 2. The van der Waals surface area contributed by atoms with Gasteiger partial charge < -0.3 is 45.1 Å². The van der Waals surface area contributed by atoms with Crippen molar-refractivity contribution in [2.24, 2.45) is 0 Å². The molecule has 5 N–H and O–H groups in total. The van der Waals surface area contributed by atoms with Gasteiger partial charge >= 0.3 is 23.9 Å². The highest BCUT2D eigenvalue weighted by Gasteiger charge is 2.18. The van der Waals surface area contributed by atoms with Crippen LogP contribution in [0.1, 0.15) is 48.8 Å². The van der Waals surface area contributed by atoms with Gasteiger partial charge in [0.25, 0.3) is 0 Å². The van der Waals surface area contributed by atoms with Crippen LogP contribution in [-0.2, 0) is 57.8 Å². The lowest BCUT2D eigenvalue weighted by Gasteiger charge is -2.16. The molecule has 0 saturated heterocycles. The minimum atomic E-state index is -0.514. The Morgan fingerprint density at radius 1 is 0.566 bits per heavy atom. The maximum Gasteiger partial charge on any atom is 0.332 e. The van der Waals surface area contributed by atoms with E-state index in [0.29, 0.717) is 31.6 Å². The third-order valence-corrected chi connectivity index (χ3v) is 7.53. The SMILES string of the molecule is COC(=O)/C=C(/CC(=O)OC)NCc1ccccc1.COC(=O)CC(CC(=O)OC)NCc1ccccc1.OCCC(CCO)NCc1ccccc1. The Morgan fingerprint density at radius 2 is 0.962 bits per heavy atom. The summed E-state index contributed by atoms with van der Waals surface area (Å²) in [5.41, 5.74) is 3.81. The molecule has 0 saturated carbocycles. The van der Waals surface area contributed by atoms with Crippen molar-refractivity contribution in [1.29, 1.82) is 0 Å². The van der Waals surface area contributed by atoms with E-state index in [1.54, 1.807) is 0 Å². The van der Waals surface area contributed by atoms with E-state index < -0.39 is 11.9 Å². The summed E-state index contributed by atoms with van der Waals surface area (Å²) in [5, 5.41) is 27.2. The number of carbonyl (C=O) groups excluding carboxylic acids is 4. The summed E-state index contributed by atoms with van der Waals surface area (Å²) in [6.07, 6.45) is 2.90. The number of carbonyl (C=O) groups is 4. The number of hydrogen-bond donors (Lipinski definition) is 5. The van der Waals surface area contributed by atoms with E-state index in [-0.39, 0.29) is 56.5 Å². The van der Waals surface area contributed by atoms with E-state index in [0.717, 1.165) is 17.7 Å². The fraction of sp³-hybridized carbons (Fsp3) is 0.400. The van der Waals surface area contributed by atoms with Gasteiger partial charge in [-0.15, -0.1) is 0 Å². The molecule has 0 atom stereocenters. The van der Waals surface area contributed by atoms with Gasteiger partial charge in [0.05, 0.1) is 47.7 Å². The minimum Gasteiger partial charge on any atom is -0.469 e. The summed E-state index contributed by atoms with van der Waals surface area (Å²) in [4.78, 5) is 45.0. The molecule has 3 rings (SSSR count). The average Bonchev–Trinajstić information content (AvgIpc) is 3.19. The van der Waals surface area contributed by atoms with Crippen molar-refractivity contribution in [3.63, 3.8) is 0 Å². The highest BCUT2D eigenvalue weighted by Crippen LogP contribution is 2.06. The van der Waals surface area contributed by atoms with Crippen molar-refractivity contribution < 1.29 is 48.3 Å². The molecular weight excluding hydrogens is 682 g/mol. The van der Waals surface area contributed by atoms with Crippen molar-refractivity contribution in [1.82, 2.24) is 16.0 Å². The number of rotatable bonds is 20. The first-order valence-electron chi connectivity index (χ1n) is 17.2. The largest absolute Gasteiger partial charge is 0.469 e. The molecule has 0 aliphatic rings. The summed E-state index contributed by atoms with van der Waals surface area (Å²) >= 11 is 0. The Bertz CT molecular complexity index is 1430. The Morgan fingerprint density at radius 3 is 1.34 bits per heavy atom. The van der Waals surface area contributed by atoms with Crippen LogP contribution in [0, 0.1) is 0 Å². The molecule has 0 bridgehead atoms. The maximum absolute atomic E-state index is 11.3. The first-order valence-corrected chi connectivity index (χ1v) is 17.2. The number of aliphatic hydroxyl groups excluding tert-OH is 2. The van der Waals surface area contributed by atoms with Crippen LogP contribution in [0.3, 0.4) is 0 Å². The zero-order valence-corrected chi connectivity index (χ0v) is 31.1. The fourth-order valence-electron chi connectivity index (χ4n) is 4.57. The highest BCUT2D eigenvalue weighted by molar-refractivity contribution is 5.84. The van der Waals surface area contributed by atoms with E-state index in [2.05, 4.69) is 47.0 Å². The molecule has 13 heteroatoms. The van der Waals surface area contributed by atoms with E-state index in [1.807, 2.05) is 78.9 Å². The molecule has 13 nitrogen and oxygen atoms in total. The molecule has 0 unspecified atom stereocenters. The Labute approximate surface area is 312 Å². The third-order valence-electron chi connectivity index (χ3n) is 7.53. The predicted molar refractivity (Wildman–Crippen MR) is 201 cm³/mol. The van der Waals surface area contributed by atoms with Crippen molar-refractivity contribution in [3.8, 4) is 0 Å².